The Morgan fingerprint density at radius 1 is 1.15 bits per heavy atom. The van der Waals surface area contributed by atoms with E-state index in [1.165, 1.54) is 17.3 Å². The molecule has 3 aromatic rings. The third-order valence-electron chi connectivity index (χ3n) is 5.84. The van der Waals surface area contributed by atoms with E-state index in [1.807, 2.05) is 55.7 Å². The van der Waals surface area contributed by atoms with Crippen molar-refractivity contribution in [1.29, 1.82) is 0 Å². The van der Waals surface area contributed by atoms with Gasteiger partial charge in [-0.15, -0.1) is 0 Å². The fraction of sp³-hybridized carbons (Fsp3) is 0.231. The number of aromatic nitrogens is 1. The van der Waals surface area contributed by atoms with Crippen molar-refractivity contribution >= 4 is 35.4 Å². The number of carbonyl (C=O) groups excluding carboxylic acids is 1. The van der Waals surface area contributed by atoms with E-state index in [-0.39, 0.29) is 17.0 Å². The van der Waals surface area contributed by atoms with Crippen LogP contribution in [0.15, 0.2) is 53.4 Å². The van der Waals surface area contributed by atoms with Crippen molar-refractivity contribution in [1.82, 2.24) is 9.88 Å². The van der Waals surface area contributed by atoms with Crippen LogP contribution in [0.5, 0.6) is 0 Å². The summed E-state index contributed by atoms with van der Waals surface area (Å²) in [6, 6.07) is 15.3. The van der Waals surface area contributed by atoms with E-state index in [0.717, 1.165) is 40.3 Å². The average molecular weight is 462 g/mol. The Kier molecular flexibility index (Phi) is 6.33. The van der Waals surface area contributed by atoms with Gasteiger partial charge in [0.25, 0.3) is 5.91 Å². The molecule has 0 spiro atoms. The van der Waals surface area contributed by atoms with E-state index in [2.05, 4.69) is 29.7 Å². The zero-order valence-corrected chi connectivity index (χ0v) is 19.9. The number of hydrogen-bond donors (Lipinski definition) is 3. The fourth-order valence-electron chi connectivity index (χ4n) is 3.98. The summed E-state index contributed by atoms with van der Waals surface area (Å²) in [4.78, 5) is 24.7. The lowest BCUT2D eigenvalue weighted by atomic mass is 10.1. The van der Waals surface area contributed by atoms with E-state index >= 15 is 0 Å². The van der Waals surface area contributed by atoms with E-state index in [0.29, 0.717) is 4.91 Å². The monoisotopic (exact) mass is 461 g/mol. The summed E-state index contributed by atoms with van der Waals surface area (Å²) in [6.45, 7) is 8.04. The van der Waals surface area contributed by atoms with Crippen molar-refractivity contribution in [3.8, 4) is 5.69 Å². The molecule has 3 N–H and O–H groups in total. The quantitative estimate of drug-likeness (QED) is 0.436. The largest absolute Gasteiger partial charge is 0.478 e. The van der Waals surface area contributed by atoms with Crippen LogP contribution in [0.3, 0.4) is 0 Å². The van der Waals surface area contributed by atoms with Crippen molar-refractivity contribution in [2.75, 3.05) is 5.32 Å². The number of carboxylic acid groups (broad SMARTS) is 1. The lowest BCUT2D eigenvalue weighted by Crippen LogP contribution is -2.30. The lowest BCUT2D eigenvalue weighted by Gasteiger charge is -2.14. The van der Waals surface area contributed by atoms with Gasteiger partial charge in [-0.05, 0) is 80.3 Å². The van der Waals surface area contributed by atoms with E-state index in [1.54, 1.807) is 12.1 Å². The minimum absolute atomic E-state index is 0.114. The molecule has 6 nitrogen and oxygen atoms in total. The summed E-state index contributed by atoms with van der Waals surface area (Å²) < 4.78 is 2.04. The summed E-state index contributed by atoms with van der Waals surface area (Å²) in [6.07, 6.45) is 2.89. The molecular weight excluding hydrogens is 434 g/mol. The number of nitrogens with one attached hydrogen (secondary N) is 2. The third-order valence-corrected chi connectivity index (χ3v) is 6.87. The second-order valence-corrected chi connectivity index (χ2v) is 9.29. The summed E-state index contributed by atoms with van der Waals surface area (Å²) in [7, 11) is 0. The number of hydrogen-bond acceptors (Lipinski definition) is 4. The second-order valence-electron chi connectivity index (χ2n) is 8.14. The molecule has 0 unspecified atom stereocenters. The molecule has 0 saturated carbocycles. The van der Waals surface area contributed by atoms with Crippen LogP contribution in [0, 0.1) is 20.8 Å². The van der Waals surface area contributed by atoms with Gasteiger partial charge in [0.05, 0.1) is 10.5 Å². The zero-order valence-electron chi connectivity index (χ0n) is 19.1. The summed E-state index contributed by atoms with van der Waals surface area (Å²) in [5, 5.41) is 15.7. The molecule has 0 radical (unpaired) electrons. The molecule has 4 rings (SSSR count). The minimum Gasteiger partial charge on any atom is -0.478 e. The minimum atomic E-state index is -0.956. The molecule has 1 fully saturated rings. The Morgan fingerprint density at radius 2 is 1.88 bits per heavy atom. The van der Waals surface area contributed by atoms with Crippen molar-refractivity contribution in [3.63, 3.8) is 0 Å². The first-order valence-corrected chi connectivity index (χ1v) is 11.7. The molecule has 33 heavy (non-hydrogen) atoms. The van der Waals surface area contributed by atoms with Gasteiger partial charge in [0.1, 0.15) is 0 Å². The van der Waals surface area contributed by atoms with Gasteiger partial charge in [0.2, 0.25) is 0 Å². The Balaban J connectivity index is 1.59. The highest BCUT2D eigenvalue weighted by Gasteiger charge is 2.27. The van der Waals surface area contributed by atoms with E-state index in [4.69, 9.17) is 0 Å². The topological polar surface area (TPSA) is 83.4 Å². The summed E-state index contributed by atoms with van der Waals surface area (Å²) in [5.41, 5.74) is 6.88. The molecule has 1 aromatic heterocycles. The number of aryl methyl sites for hydroxylation is 3. The number of nitrogens with zero attached hydrogens (tertiary/aromatic N) is 1. The Labute approximate surface area is 197 Å². The van der Waals surface area contributed by atoms with Crippen molar-refractivity contribution in [2.45, 2.75) is 39.6 Å². The molecule has 2 aromatic carbocycles. The smallest absolute Gasteiger partial charge is 0.335 e. The fourth-order valence-corrected chi connectivity index (χ4v) is 4.96. The highest BCUT2D eigenvalue weighted by Crippen LogP contribution is 2.32. The number of amides is 1. The maximum atomic E-state index is 12.6. The molecule has 2 heterocycles. The van der Waals surface area contributed by atoms with Crippen molar-refractivity contribution < 1.29 is 14.7 Å². The standard InChI is InChI=1S/C26H27N3O3S/c1-5-18-7-10-21(11-8-18)27-26-28-24(30)23(33-26)14-20-12-16(3)29(17(20)4)22-13-19(25(31)32)9-6-15(22)2/h6-14,26-27H,5H2,1-4H3,(H,28,30)(H,31,32)/b23-14-/t26-/m1/s1. The van der Waals surface area contributed by atoms with Crippen LogP contribution < -0.4 is 10.6 Å². The molecule has 1 amide bonds. The van der Waals surface area contributed by atoms with Crippen LogP contribution >= 0.6 is 11.8 Å². The number of carbonyl (C=O) groups is 2. The molecule has 7 heteroatoms. The molecule has 170 valence electrons. The van der Waals surface area contributed by atoms with Gasteiger partial charge in [-0.25, -0.2) is 4.79 Å². The van der Waals surface area contributed by atoms with Crippen LogP contribution in [-0.2, 0) is 11.2 Å². The molecule has 1 atom stereocenters. The molecule has 1 aliphatic heterocycles. The number of carboxylic acids is 1. The van der Waals surface area contributed by atoms with Crippen molar-refractivity contribution in [3.05, 3.63) is 87.1 Å². The lowest BCUT2D eigenvalue weighted by molar-refractivity contribution is -0.116. The Bertz CT molecular complexity index is 1260. The Morgan fingerprint density at radius 3 is 2.55 bits per heavy atom. The molecule has 1 saturated heterocycles. The maximum absolute atomic E-state index is 12.6. The van der Waals surface area contributed by atoms with Gasteiger partial charge < -0.3 is 20.3 Å². The van der Waals surface area contributed by atoms with E-state index in [9.17, 15) is 14.7 Å². The van der Waals surface area contributed by atoms with Gasteiger partial charge in [-0.3, -0.25) is 4.79 Å². The van der Waals surface area contributed by atoms with Gasteiger partial charge in [0.15, 0.2) is 5.50 Å². The predicted octanol–water partition coefficient (Wildman–Crippen LogP) is 5.26. The molecule has 0 aliphatic carbocycles. The van der Waals surface area contributed by atoms with Crippen LogP contribution in [0.2, 0.25) is 0 Å². The Hall–Kier alpha value is -3.45. The summed E-state index contributed by atoms with van der Waals surface area (Å²) in [5.74, 6) is -1.07. The van der Waals surface area contributed by atoms with Gasteiger partial charge in [-0.1, -0.05) is 36.9 Å². The second kappa shape index (κ2) is 9.19. The first-order chi connectivity index (χ1) is 15.8. The third kappa shape index (κ3) is 4.68. The van der Waals surface area contributed by atoms with Gasteiger partial charge >= 0.3 is 5.97 Å². The first kappa shape index (κ1) is 22.7. The predicted molar refractivity (Wildman–Crippen MR) is 134 cm³/mol. The highest BCUT2D eigenvalue weighted by molar-refractivity contribution is 8.05. The first-order valence-electron chi connectivity index (χ1n) is 10.8. The maximum Gasteiger partial charge on any atom is 0.335 e. The van der Waals surface area contributed by atoms with Crippen LogP contribution in [0.1, 0.15) is 45.4 Å². The number of thioether (sulfide) groups is 1. The normalized spacial score (nSPS) is 16.8. The number of aromatic carboxylic acids is 1. The average Bonchev–Trinajstić information content (AvgIpc) is 3.26. The van der Waals surface area contributed by atoms with Crippen LogP contribution in [0.4, 0.5) is 5.69 Å². The van der Waals surface area contributed by atoms with Gasteiger partial charge in [-0.2, -0.15) is 0 Å². The summed E-state index contributed by atoms with van der Waals surface area (Å²) >= 11 is 1.45. The molecule has 0 bridgehead atoms. The number of anilines is 1. The molecular formula is C26H27N3O3S. The zero-order chi connectivity index (χ0) is 23.7. The SMILES string of the molecule is CCc1ccc(N[C@@H]2NC(=O)/C(=C/c3cc(C)n(-c4cc(C(=O)O)ccc4C)c3C)S2)cc1. The number of rotatable bonds is 6. The number of benzene rings is 2. The molecule has 1 aliphatic rings. The van der Waals surface area contributed by atoms with Gasteiger partial charge in [0, 0.05) is 22.8 Å². The van der Waals surface area contributed by atoms with E-state index < -0.39 is 5.97 Å². The van der Waals surface area contributed by atoms with Crippen LogP contribution in [0.25, 0.3) is 11.8 Å². The van der Waals surface area contributed by atoms with Crippen LogP contribution in [-0.4, -0.2) is 27.0 Å². The highest BCUT2D eigenvalue weighted by atomic mass is 32.2. The van der Waals surface area contributed by atoms with Crippen molar-refractivity contribution in [2.24, 2.45) is 0 Å².